The Balaban J connectivity index is 1.48. The van der Waals surface area contributed by atoms with Gasteiger partial charge in [0.1, 0.15) is 17.2 Å². The first-order valence-corrected chi connectivity index (χ1v) is 12.9. The first kappa shape index (κ1) is 24.9. The van der Waals surface area contributed by atoms with Crippen LogP contribution in [0.1, 0.15) is 27.2 Å². The number of benzene rings is 5. The molecule has 0 aliphatic carbocycles. The van der Waals surface area contributed by atoms with Crippen molar-refractivity contribution in [2.24, 2.45) is 0 Å². The minimum absolute atomic E-state index is 0.211. The number of carboxylic acids is 1. The van der Waals surface area contributed by atoms with Crippen molar-refractivity contribution in [3.63, 3.8) is 0 Å². The number of aryl methyl sites for hydroxylation is 1. The van der Waals surface area contributed by atoms with Crippen molar-refractivity contribution in [1.29, 1.82) is 0 Å². The highest BCUT2D eigenvalue weighted by molar-refractivity contribution is 6.08. The smallest absolute Gasteiger partial charge is 0.416 e. The Morgan fingerprint density at radius 1 is 0.750 bits per heavy atom. The van der Waals surface area contributed by atoms with E-state index in [9.17, 15) is 19.8 Å². The number of para-hydroxylation sites is 1. The maximum Gasteiger partial charge on any atom is 0.416 e. The van der Waals surface area contributed by atoms with Gasteiger partial charge in [0, 0.05) is 22.8 Å². The topological polar surface area (TPSA) is 88.8 Å². The van der Waals surface area contributed by atoms with E-state index in [1.54, 1.807) is 6.07 Å². The molecule has 0 unspecified atom stereocenters. The van der Waals surface area contributed by atoms with Crippen LogP contribution in [0.25, 0.3) is 32.8 Å². The number of aromatic nitrogens is 1. The highest BCUT2D eigenvalue weighted by Crippen LogP contribution is 2.37. The zero-order valence-corrected chi connectivity index (χ0v) is 21.7. The standard InChI is InChI=1S/C34H25NO5/c1-21-9-2-4-14-25(21)27-16-8-17-28-29(32(33(36)37)35(31(27)28)34(38)39)20-22-10-6-13-24(19-22)40-30-18-7-12-23-11-3-5-15-26(23)30/h2-19H,20H2,1H3,(H,36,37)(H,38,39). The van der Waals surface area contributed by atoms with Gasteiger partial charge in [-0.2, -0.15) is 0 Å². The van der Waals surface area contributed by atoms with Gasteiger partial charge in [-0.25, -0.2) is 14.2 Å². The Morgan fingerprint density at radius 2 is 1.43 bits per heavy atom. The molecule has 0 saturated carbocycles. The second-order valence-electron chi connectivity index (χ2n) is 9.67. The number of carboxylic acid groups (broad SMARTS) is 2. The minimum Gasteiger partial charge on any atom is -0.477 e. The average molecular weight is 528 g/mol. The Kier molecular flexibility index (Phi) is 6.28. The van der Waals surface area contributed by atoms with Crippen molar-refractivity contribution in [3.8, 4) is 22.6 Å². The van der Waals surface area contributed by atoms with Crippen LogP contribution < -0.4 is 4.74 Å². The molecule has 0 aliphatic heterocycles. The lowest BCUT2D eigenvalue weighted by Gasteiger charge is -2.11. The summed E-state index contributed by atoms with van der Waals surface area (Å²) in [5.41, 5.74) is 3.81. The number of hydrogen-bond acceptors (Lipinski definition) is 3. The summed E-state index contributed by atoms with van der Waals surface area (Å²) in [6.45, 7) is 1.95. The molecular formula is C34H25NO5. The molecule has 0 atom stereocenters. The van der Waals surface area contributed by atoms with Gasteiger partial charge in [-0.1, -0.05) is 91.0 Å². The van der Waals surface area contributed by atoms with Crippen molar-refractivity contribution in [3.05, 3.63) is 132 Å². The molecule has 5 aromatic carbocycles. The van der Waals surface area contributed by atoms with Crippen LogP contribution in [0.3, 0.4) is 0 Å². The fourth-order valence-corrected chi connectivity index (χ4v) is 5.42. The van der Waals surface area contributed by atoms with Gasteiger partial charge in [0.2, 0.25) is 0 Å². The van der Waals surface area contributed by atoms with Gasteiger partial charge >= 0.3 is 12.1 Å². The van der Waals surface area contributed by atoms with Crippen molar-refractivity contribution in [1.82, 2.24) is 4.57 Å². The van der Waals surface area contributed by atoms with E-state index in [0.717, 1.165) is 32.0 Å². The Bertz CT molecular complexity index is 1930. The van der Waals surface area contributed by atoms with Gasteiger partial charge in [0.25, 0.3) is 0 Å². The monoisotopic (exact) mass is 527 g/mol. The maximum absolute atomic E-state index is 12.5. The van der Waals surface area contributed by atoms with Crippen LogP contribution >= 0.6 is 0 Å². The third-order valence-electron chi connectivity index (χ3n) is 7.18. The molecule has 6 nitrogen and oxygen atoms in total. The SMILES string of the molecule is Cc1ccccc1-c1cccc2c(Cc3cccc(Oc4cccc5ccccc45)c3)c(C(=O)O)n(C(=O)O)c12. The minimum atomic E-state index is -1.34. The predicted octanol–water partition coefficient (Wildman–Crippen LogP) is 8.38. The molecule has 0 saturated heterocycles. The molecule has 6 rings (SSSR count). The Labute approximate surface area is 230 Å². The molecular weight excluding hydrogens is 502 g/mol. The summed E-state index contributed by atoms with van der Waals surface area (Å²) in [5, 5.41) is 23.1. The summed E-state index contributed by atoms with van der Waals surface area (Å²) in [6, 6.07) is 34.4. The van der Waals surface area contributed by atoms with E-state index < -0.39 is 12.1 Å². The lowest BCUT2D eigenvalue weighted by atomic mass is 9.96. The van der Waals surface area contributed by atoms with Gasteiger partial charge in [-0.05, 0) is 52.8 Å². The predicted molar refractivity (Wildman–Crippen MR) is 156 cm³/mol. The molecule has 0 spiro atoms. The van der Waals surface area contributed by atoms with Crippen LogP contribution in [0, 0.1) is 6.92 Å². The quantitative estimate of drug-likeness (QED) is 0.227. The van der Waals surface area contributed by atoms with Gasteiger partial charge < -0.3 is 14.9 Å². The second kappa shape index (κ2) is 10.1. The molecule has 1 heterocycles. The van der Waals surface area contributed by atoms with Crippen molar-refractivity contribution >= 4 is 33.7 Å². The number of ether oxygens (including phenoxy) is 1. The first-order chi connectivity index (χ1) is 19.4. The second-order valence-corrected chi connectivity index (χ2v) is 9.67. The third kappa shape index (κ3) is 4.35. The summed E-state index contributed by atoms with van der Waals surface area (Å²) >= 11 is 0. The summed E-state index contributed by atoms with van der Waals surface area (Å²) in [6.07, 6.45) is -1.13. The zero-order valence-electron chi connectivity index (χ0n) is 21.7. The molecule has 0 aliphatic rings. The number of fused-ring (bicyclic) bond motifs is 2. The van der Waals surface area contributed by atoms with E-state index >= 15 is 0 Å². The van der Waals surface area contributed by atoms with Crippen LogP contribution in [0.4, 0.5) is 4.79 Å². The normalized spacial score (nSPS) is 11.1. The van der Waals surface area contributed by atoms with Crippen LogP contribution in [-0.4, -0.2) is 26.8 Å². The van der Waals surface area contributed by atoms with E-state index in [4.69, 9.17) is 4.74 Å². The Hall–Kier alpha value is -5.36. The maximum atomic E-state index is 12.5. The highest BCUT2D eigenvalue weighted by Gasteiger charge is 2.28. The largest absolute Gasteiger partial charge is 0.477 e. The lowest BCUT2D eigenvalue weighted by Crippen LogP contribution is -2.17. The molecule has 196 valence electrons. The Morgan fingerprint density at radius 3 is 2.23 bits per heavy atom. The fourth-order valence-electron chi connectivity index (χ4n) is 5.42. The van der Waals surface area contributed by atoms with Crippen molar-refractivity contribution < 1.29 is 24.5 Å². The molecule has 0 radical (unpaired) electrons. The molecule has 6 aromatic rings. The number of rotatable bonds is 6. The van der Waals surface area contributed by atoms with Crippen LogP contribution in [-0.2, 0) is 6.42 Å². The fraction of sp³-hybridized carbons (Fsp3) is 0.0588. The third-order valence-corrected chi connectivity index (χ3v) is 7.18. The summed E-state index contributed by atoms with van der Waals surface area (Å²) in [7, 11) is 0. The van der Waals surface area contributed by atoms with Crippen LogP contribution in [0.5, 0.6) is 11.5 Å². The van der Waals surface area contributed by atoms with Crippen LogP contribution in [0.15, 0.2) is 109 Å². The molecule has 2 N–H and O–H groups in total. The van der Waals surface area contributed by atoms with E-state index in [0.29, 0.717) is 33.5 Å². The number of hydrogen-bond donors (Lipinski definition) is 2. The van der Waals surface area contributed by atoms with Gasteiger partial charge in [0.15, 0.2) is 0 Å². The summed E-state index contributed by atoms with van der Waals surface area (Å²) < 4.78 is 7.16. The van der Waals surface area contributed by atoms with Crippen molar-refractivity contribution in [2.75, 3.05) is 0 Å². The van der Waals surface area contributed by atoms with Gasteiger partial charge in [-0.15, -0.1) is 0 Å². The molecule has 0 amide bonds. The van der Waals surface area contributed by atoms with E-state index in [2.05, 4.69) is 0 Å². The van der Waals surface area contributed by atoms with Gasteiger partial charge in [-0.3, -0.25) is 0 Å². The zero-order chi connectivity index (χ0) is 27.8. The van der Waals surface area contributed by atoms with E-state index in [1.807, 2.05) is 110 Å². The first-order valence-electron chi connectivity index (χ1n) is 12.9. The van der Waals surface area contributed by atoms with Gasteiger partial charge in [0.05, 0.1) is 5.52 Å². The van der Waals surface area contributed by atoms with E-state index in [1.165, 1.54) is 0 Å². The molecule has 1 aromatic heterocycles. The number of aromatic carboxylic acids is 1. The molecule has 0 bridgehead atoms. The van der Waals surface area contributed by atoms with Crippen LogP contribution in [0.2, 0.25) is 0 Å². The number of carbonyl (C=O) groups is 2. The highest BCUT2D eigenvalue weighted by atomic mass is 16.5. The summed E-state index contributed by atoms with van der Waals surface area (Å²) in [5.74, 6) is 0.0209. The average Bonchev–Trinajstić information content (AvgIpc) is 3.29. The van der Waals surface area contributed by atoms with E-state index in [-0.39, 0.29) is 12.1 Å². The molecule has 40 heavy (non-hydrogen) atoms. The lowest BCUT2D eigenvalue weighted by molar-refractivity contribution is 0.0683. The molecule has 6 heteroatoms. The van der Waals surface area contributed by atoms with Crippen molar-refractivity contribution in [2.45, 2.75) is 13.3 Å². The number of nitrogens with zero attached hydrogens (tertiary/aromatic N) is 1. The summed E-state index contributed by atoms with van der Waals surface area (Å²) in [4.78, 5) is 25.1. The molecule has 0 fully saturated rings.